The molecule has 2 N–H and O–H groups in total. The van der Waals surface area contributed by atoms with Crippen LogP contribution in [0.2, 0.25) is 0 Å². The summed E-state index contributed by atoms with van der Waals surface area (Å²) in [5, 5.41) is 0.237. The zero-order valence-corrected chi connectivity index (χ0v) is 10.8. The van der Waals surface area contributed by atoms with Gasteiger partial charge in [-0.3, -0.25) is 4.79 Å². The van der Waals surface area contributed by atoms with Crippen LogP contribution in [0.5, 0.6) is 5.75 Å². The molecule has 0 radical (unpaired) electrons. The van der Waals surface area contributed by atoms with Crippen LogP contribution in [0.1, 0.15) is 5.56 Å². The molecule has 0 atom stereocenters. The van der Waals surface area contributed by atoms with Gasteiger partial charge in [0, 0.05) is 12.7 Å². The van der Waals surface area contributed by atoms with Crippen LogP contribution < -0.4 is 15.4 Å². The summed E-state index contributed by atoms with van der Waals surface area (Å²) in [6.45, 7) is 1.55. The van der Waals surface area contributed by atoms with Crippen molar-refractivity contribution in [2.24, 2.45) is 0 Å². The number of amides is 2. The molecular formula is C11H11ClF2N2O3. The molecule has 0 spiro atoms. The Morgan fingerprint density at radius 3 is 2.47 bits per heavy atom. The molecule has 1 aromatic carbocycles. The zero-order valence-electron chi connectivity index (χ0n) is 10.1. The molecule has 0 fully saturated rings. The van der Waals surface area contributed by atoms with E-state index in [0.717, 1.165) is 0 Å². The molecule has 0 aromatic heterocycles. The summed E-state index contributed by atoms with van der Waals surface area (Å²) in [7, 11) is 1.40. The van der Waals surface area contributed by atoms with E-state index >= 15 is 0 Å². The van der Waals surface area contributed by atoms with E-state index in [4.69, 9.17) is 4.74 Å². The van der Waals surface area contributed by atoms with Gasteiger partial charge in [0.25, 0.3) is 0 Å². The molecule has 19 heavy (non-hydrogen) atoms. The SMILES string of the molecule is CNC(=O)Oc1ccc(NC(=O)C(F)(F)Cl)c(C)c1. The lowest BCUT2D eigenvalue weighted by Crippen LogP contribution is -2.29. The Labute approximate surface area is 112 Å². The highest BCUT2D eigenvalue weighted by atomic mass is 35.5. The number of carbonyl (C=O) groups is 2. The molecule has 0 unspecified atom stereocenters. The fraction of sp³-hybridized carbons (Fsp3) is 0.273. The minimum absolute atomic E-state index is 0.148. The third-order valence-electron chi connectivity index (χ3n) is 2.12. The molecule has 8 heteroatoms. The van der Waals surface area contributed by atoms with Gasteiger partial charge in [-0.15, -0.1) is 0 Å². The molecular weight excluding hydrogens is 282 g/mol. The van der Waals surface area contributed by atoms with Crippen LogP contribution in [0, 0.1) is 6.92 Å². The number of rotatable bonds is 3. The van der Waals surface area contributed by atoms with Crippen molar-refractivity contribution in [3.63, 3.8) is 0 Å². The lowest BCUT2D eigenvalue weighted by atomic mass is 10.2. The second-order valence-corrected chi connectivity index (χ2v) is 4.04. The van der Waals surface area contributed by atoms with Crippen molar-refractivity contribution in [3.05, 3.63) is 23.8 Å². The number of benzene rings is 1. The molecule has 5 nitrogen and oxygen atoms in total. The molecule has 0 saturated carbocycles. The van der Waals surface area contributed by atoms with E-state index in [1.807, 2.05) is 5.32 Å². The van der Waals surface area contributed by atoms with Crippen molar-refractivity contribution in [1.29, 1.82) is 0 Å². The third kappa shape index (κ3) is 4.36. The predicted octanol–water partition coefficient (Wildman–Crippen LogP) is 2.48. The highest BCUT2D eigenvalue weighted by Gasteiger charge is 2.35. The molecule has 1 aromatic rings. The number of carbonyl (C=O) groups excluding carboxylic acids is 2. The van der Waals surface area contributed by atoms with E-state index in [2.05, 4.69) is 16.9 Å². The number of aryl methyl sites for hydroxylation is 1. The van der Waals surface area contributed by atoms with Gasteiger partial charge in [0.1, 0.15) is 5.75 Å². The van der Waals surface area contributed by atoms with Gasteiger partial charge in [0.05, 0.1) is 0 Å². The van der Waals surface area contributed by atoms with E-state index in [1.54, 1.807) is 6.92 Å². The standard InChI is InChI=1S/C11H11ClF2N2O3/c1-6-5-7(19-10(18)15-2)3-4-8(6)16-9(17)11(12,13)14/h3-5H,1-2H3,(H,15,18)(H,16,17). The quantitative estimate of drug-likeness (QED) is 0.841. The summed E-state index contributed by atoms with van der Waals surface area (Å²) >= 11 is 4.58. The van der Waals surface area contributed by atoms with Crippen LogP contribution in [0.4, 0.5) is 19.3 Å². The molecule has 0 aliphatic heterocycles. The summed E-state index contributed by atoms with van der Waals surface area (Å²) in [5.74, 6) is -1.41. The van der Waals surface area contributed by atoms with E-state index in [0.29, 0.717) is 5.56 Å². The summed E-state index contributed by atoms with van der Waals surface area (Å²) in [6, 6.07) is 4.09. The molecule has 0 aliphatic rings. The highest BCUT2D eigenvalue weighted by Crippen LogP contribution is 2.25. The van der Waals surface area contributed by atoms with Crippen molar-refractivity contribution in [1.82, 2.24) is 5.32 Å². The second kappa shape index (κ2) is 5.83. The normalized spacial score (nSPS) is 10.8. The number of nitrogens with one attached hydrogen (secondary N) is 2. The first kappa shape index (κ1) is 15.2. The van der Waals surface area contributed by atoms with Crippen LogP contribution in [0.15, 0.2) is 18.2 Å². The Bertz CT molecular complexity index is 503. The van der Waals surface area contributed by atoms with Crippen molar-refractivity contribution in [2.75, 3.05) is 12.4 Å². The van der Waals surface area contributed by atoms with Gasteiger partial charge in [-0.05, 0) is 42.3 Å². The predicted molar refractivity (Wildman–Crippen MR) is 65.7 cm³/mol. The third-order valence-corrected chi connectivity index (χ3v) is 2.29. The zero-order chi connectivity index (χ0) is 14.6. The van der Waals surface area contributed by atoms with E-state index < -0.39 is 17.4 Å². The topological polar surface area (TPSA) is 67.4 Å². The number of hydrogen-bond donors (Lipinski definition) is 2. The van der Waals surface area contributed by atoms with Crippen LogP contribution >= 0.6 is 11.6 Å². The van der Waals surface area contributed by atoms with Crippen LogP contribution in [-0.4, -0.2) is 24.4 Å². The summed E-state index contributed by atoms with van der Waals surface area (Å²) in [4.78, 5) is 22.0. The van der Waals surface area contributed by atoms with E-state index in [1.165, 1.54) is 25.2 Å². The lowest BCUT2D eigenvalue weighted by Gasteiger charge is -2.12. The number of alkyl halides is 3. The first-order chi connectivity index (χ1) is 8.74. The largest absolute Gasteiger partial charge is 0.412 e. The Balaban J connectivity index is 2.83. The Kier molecular flexibility index (Phi) is 4.66. The van der Waals surface area contributed by atoms with Gasteiger partial charge >= 0.3 is 17.4 Å². The van der Waals surface area contributed by atoms with E-state index in [9.17, 15) is 18.4 Å². The molecule has 104 valence electrons. The first-order valence-corrected chi connectivity index (χ1v) is 5.50. The molecule has 0 heterocycles. The molecule has 0 aliphatic carbocycles. The molecule has 0 saturated heterocycles. The number of hydrogen-bond acceptors (Lipinski definition) is 3. The average Bonchev–Trinajstić information content (AvgIpc) is 2.31. The summed E-state index contributed by atoms with van der Waals surface area (Å²) < 4.78 is 29.8. The fourth-order valence-corrected chi connectivity index (χ4v) is 1.24. The molecule has 1 rings (SSSR count). The van der Waals surface area contributed by atoms with Gasteiger partial charge in [0.15, 0.2) is 0 Å². The maximum absolute atomic E-state index is 12.5. The van der Waals surface area contributed by atoms with Crippen LogP contribution in [0.25, 0.3) is 0 Å². The maximum Gasteiger partial charge on any atom is 0.412 e. The van der Waals surface area contributed by atoms with Gasteiger partial charge in [-0.1, -0.05) is 0 Å². The van der Waals surface area contributed by atoms with Gasteiger partial charge in [-0.2, -0.15) is 8.78 Å². The average molecular weight is 293 g/mol. The second-order valence-electron chi connectivity index (χ2n) is 3.57. The molecule has 0 bridgehead atoms. The lowest BCUT2D eigenvalue weighted by molar-refractivity contribution is -0.130. The monoisotopic (exact) mass is 292 g/mol. The van der Waals surface area contributed by atoms with Crippen LogP contribution in [-0.2, 0) is 4.79 Å². The van der Waals surface area contributed by atoms with Crippen molar-refractivity contribution >= 4 is 29.3 Å². The van der Waals surface area contributed by atoms with E-state index in [-0.39, 0.29) is 11.4 Å². The summed E-state index contributed by atoms with van der Waals surface area (Å²) in [6.07, 6.45) is -0.663. The Morgan fingerprint density at radius 1 is 1.37 bits per heavy atom. The smallest absolute Gasteiger partial charge is 0.410 e. The number of anilines is 1. The maximum atomic E-state index is 12.5. The van der Waals surface area contributed by atoms with Crippen molar-refractivity contribution in [2.45, 2.75) is 12.3 Å². The molecule has 2 amide bonds. The van der Waals surface area contributed by atoms with Crippen molar-refractivity contribution < 1.29 is 23.1 Å². The minimum Gasteiger partial charge on any atom is -0.410 e. The fourth-order valence-electron chi connectivity index (χ4n) is 1.19. The Morgan fingerprint density at radius 2 is 2.00 bits per heavy atom. The first-order valence-electron chi connectivity index (χ1n) is 5.12. The highest BCUT2D eigenvalue weighted by molar-refractivity contribution is 6.33. The van der Waals surface area contributed by atoms with Crippen molar-refractivity contribution in [3.8, 4) is 5.75 Å². The minimum atomic E-state index is -3.98. The van der Waals surface area contributed by atoms with Gasteiger partial charge < -0.3 is 15.4 Å². The number of halogens is 3. The van der Waals surface area contributed by atoms with Gasteiger partial charge in [-0.25, -0.2) is 4.79 Å². The Hall–Kier alpha value is -1.89. The van der Waals surface area contributed by atoms with Crippen LogP contribution in [0.3, 0.4) is 0 Å². The summed E-state index contributed by atoms with van der Waals surface area (Å²) in [5.41, 5.74) is 0.588. The number of ether oxygens (including phenoxy) is 1. The van der Waals surface area contributed by atoms with Gasteiger partial charge in [0.2, 0.25) is 0 Å².